The van der Waals surface area contributed by atoms with Crippen LogP contribution in [0.3, 0.4) is 0 Å². The van der Waals surface area contributed by atoms with Gasteiger partial charge in [-0.15, -0.1) is 11.8 Å². The predicted octanol–water partition coefficient (Wildman–Crippen LogP) is 3.91. The van der Waals surface area contributed by atoms with Gasteiger partial charge in [0, 0.05) is 10.6 Å². The molecule has 2 aromatic rings. The number of anilines is 1. The first-order valence-corrected chi connectivity index (χ1v) is 8.97. The fourth-order valence-electron chi connectivity index (χ4n) is 2.13. The zero-order valence-electron chi connectivity index (χ0n) is 14.7. The van der Waals surface area contributed by atoms with Crippen molar-refractivity contribution in [1.82, 2.24) is 0 Å². The standard InChI is InChI=1S/C19H21NO4S/c1-12-5-7-14(8-6-12)20-18(21)13(2)24-19(22)16-10-9-15(25-4)11-17(16)23-3/h5-11,13H,1-4H3,(H,20,21)/t13-/m0/s1. The Balaban J connectivity index is 2.04. The van der Waals surface area contributed by atoms with Crippen molar-refractivity contribution in [3.8, 4) is 5.75 Å². The van der Waals surface area contributed by atoms with Crippen LogP contribution in [0, 0.1) is 6.92 Å². The Bertz CT molecular complexity index is 759. The molecule has 0 saturated carbocycles. The van der Waals surface area contributed by atoms with Gasteiger partial charge in [0.1, 0.15) is 11.3 Å². The average molecular weight is 359 g/mol. The topological polar surface area (TPSA) is 64.6 Å². The van der Waals surface area contributed by atoms with Crippen LogP contribution in [0.1, 0.15) is 22.8 Å². The third-order valence-corrected chi connectivity index (χ3v) is 4.33. The zero-order chi connectivity index (χ0) is 18.4. The first-order valence-electron chi connectivity index (χ1n) is 7.75. The Morgan fingerprint density at radius 1 is 1.12 bits per heavy atom. The van der Waals surface area contributed by atoms with Gasteiger partial charge < -0.3 is 14.8 Å². The van der Waals surface area contributed by atoms with E-state index in [1.807, 2.05) is 25.3 Å². The van der Waals surface area contributed by atoms with Gasteiger partial charge in [-0.05, 0) is 50.4 Å². The van der Waals surface area contributed by atoms with Crippen molar-refractivity contribution in [2.75, 3.05) is 18.7 Å². The number of methoxy groups -OCH3 is 1. The molecule has 132 valence electrons. The number of rotatable bonds is 6. The van der Waals surface area contributed by atoms with Crippen molar-refractivity contribution >= 4 is 29.3 Å². The van der Waals surface area contributed by atoms with E-state index in [-0.39, 0.29) is 5.56 Å². The number of thioether (sulfide) groups is 1. The van der Waals surface area contributed by atoms with Gasteiger partial charge in [0.2, 0.25) is 0 Å². The Morgan fingerprint density at radius 2 is 1.80 bits per heavy atom. The molecule has 0 aromatic heterocycles. The van der Waals surface area contributed by atoms with Crippen molar-refractivity contribution in [3.05, 3.63) is 53.6 Å². The van der Waals surface area contributed by atoms with Crippen LogP contribution < -0.4 is 10.1 Å². The summed E-state index contributed by atoms with van der Waals surface area (Å²) in [5.41, 5.74) is 2.04. The number of hydrogen-bond acceptors (Lipinski definition) is 5. The number of amides is 1. The molecule has 0 radical (unpaired) electrons. The number of esters is 1. The van der Waals surface area contributed by atoms with Crippen LogP contribution in [0.2, 0.25) is 0 Å². The van der Waals surface area contributed by atoms with Crippen LogP contribution in [0.4, 0.5) is 5.69 Å². The molecule has 0 bridgehead atoms. The third-order valence-electron chi connectivity index (χ3n) is 3.60. The van der Waals surface area contributed by atoms with Gasteiger partial charge in [0.25, 0.3) is 5.91 Å². The SMILES string of the molecule is COc1cc(SC)ccc1C(=O)O[C@@H](C)C(=O)Nc1ccc(C)cc1. The second-order valence-corrected chi connectivity index (χ2v) is 6.35. The molecule has 1 amide bonds. The molecular weight excluding hydrogens is 338 g/mol. The van der Waals surface area contributed by atoms with Crippen molar-refractivity contribution in [1.29, 1.82) is 0 Å². The molecule has 2 aromatic carbocycles. The summed E-state index contributed by atoms with van der Waals surface area (Å²) in [7, 11) is 1.49. The molecule has 0 aliphatic carbocycles. The zero-order valence-corrected chi connectivity index (χ0v) is 15.5. The molecule has 0 aliphatic heterocycles. The number of nitrogens with one attached hydrogen (secondary N) is 1. The molecule has 0 spiro atoms. The molecule has 0 heterocycles. The van der Waals surface area contributed by atoms with Crippen LogP contribution in [0.15, 0.2) is 47.4 Å². The second-order valence-electron chi connectivity index (χ2n) is 5.47. The number of carbonyl (C=O) groups excluding carboxylic acids is 2. The lowest BCUT2D eigenvalue weighted by Crippen LogP contribution is -2.30. The molecule has 0 fully saturated rings. The minimum Gasteiger partial charge on any atom is -0.496 e. The second kappa shape index (κ2) is 8.58. The van der Waals surface area contributed by atoms with E-state index >= 15 is 0 Å². The first-order chi connectivity index (χ1) is 11.9. The molecule has 0 aliphatic rings. The average Bonchev–Trinajstić information content (AvgIpc) is 2.62. The minimum atomic E-state index is -0.932. The van der Waals surface area contributed by atoms with E-state index in [1.165, 1.54) is 14.0 Å². The summed E-state index contributed by atoms with van der Waals surface area (Å²) < 4.78 is 10.5. The van der Waals surface area contributed by atoms with Gasteiger partial charge in [-0.25, -0.2) is 4.79 Å². The van der Waals surface area contributed by atoms with Crippen LogP contribution >= 0.6 is 11.8 Å². The summed E-state index contributed by atoms with van der Waals surface area (Å²) in [6.07, 6.45) is 1.00. The Labute approximate surface area is 151 Å². The maximum atomic E-state index is 12.3. The van der Waals surface area contributed by atoms with Gasteiger partial charge in [-0.2, -0.15) is 0 Å². The predicted molar refractivity (Wildman–Crippen MR) is 99.5 cm³/mol. The van der Waals surface area contributed by atoms with Crippen LogP contribution in [0.5, 0.6) is 5.75 Å². The molecule has 1 N–H and O–H groups in total. The number of benzene rings is 2. The fourth-order valence-corrected chi connectivity index (χ4v) is 2.55. The van der Waals surface area contributed by atoms with Gasteiger partial charge >= 0.3 is 5.97 Å². The van der Waals surface area contributed by atoms with Crippen molar-refractivity contribution in [3.63, 3.8) is 0 Å². The van der Waals surface area contributed by atoms with Gasteiger partial charge in [0.15, 0.2) is 6.10 Å². The molecule has 2 rings (SSSR count). The highest BCUT2D eigenvalue weighted by atomic mass is 32.2. The molecule has 0 saturated heterocycles. The lowest BCUT2D eigenvalue weighted by Gasteiger charge is -2.15. The van der Waals surface area contributed by atoms with E-state index in [0.717, 1.165) is 10.5 Å². The lowest BCUT2D eigenvalue weighted by molar-refractivity contribution is -0.123. The minimum absolute atomic E-state index is 0.287. The van der Waals surface area contributed by atoms with E-state index in [9.17, 15) is 9.59 Å². The molecule has 25 heavy (non-hydrogen) atoms. The van der Waals surface area contributed by atoms with Crippen molar-refractivity contribution in [2.45, 2.75) is 24.8 Å². The summed E-state index contributed by atoms with van der Waals surface area (Å²) >= 11 is 1.54. The molecule has 0 unspecified atom stereocenters. The van der Waals surface area contributed by atoms with E-state index in [4.69, 9.17) is 9.47 Å². The Hall–Kier alpha value is -2.47. The summed E-state index contributed by atoms with van der Waals surface area (Å²) in [5, 5.41) is 2.72. The van der Waals surface area contributed by atoms with Crippen molar-refractivity contribution in [2.24, 2.45) is 0 Å². The summed E-state index contributed by atoms with van der Waals surface area (Å²) in [4.78, 5) is 25.5. The number of carbonyl (C=O) groups is 2. The van der Waals surface area contributed by atoms with Gasteiger partial charge in [0.05, 0.1) is 7.11 Å². The maximum Gasteiger partial charge on any atom is 0.342 e. The van der Waals surface area contributed by atoms with Crippen LogP contribution in [-0.4, -0.2) is 31.3 Å². The van der Waals surface area contributed by atoms with E-state index in [2.05, 4.69) is 5.32 Å². The van der Waals surface area contributed by atoms with E-state index < -0.39 is 18.0 Å². The van der Waals surface area contributed by atoms with Crippen LogP contribution in [-0.2, 0) is 9.53 Å². The number of ether oxygens (including phenoxy) is 2. The Morgan fingerprint density at radius 3 is 2.40 bits per heavy atom. The van der Waals surface area contributed by atoms with E-state index in [0.29, 0.717) is 11.4 Å². The highest BCUT2D eigenvalue weighted by molar-refractivity contribution is 7.98. The molecular formula is C19H21NO4S. The molecule has 1 atom stereocenters. The summed E-state index contributed by atoms with van der Waals surface area (Å²) in [6, 6.07) is 12.6. The van der Waals surface area contributed by atoms with Gasteiger partial charge in [-0.3, -0.25) is 4.79 Å². The largest absolute Gasteiger partial charge is 0.496 e. The fraction of sp³-hybridized carbons (Fsp3) is 0.263. The monoisotopic (exact) mass is 359 g/mol. The summed E-state index contributed by atoms with van der Waals surface area (Å²) in [5.74, 6) is -0.573. The number of aryl methyl sites for hydroxylation is 1. The Kier molecular flexibility index (Phi) is 6.47. The highest BCUT2D eigenvalue weighted by Crippen LogP contribution is 2.26. The lowest BCUT2D eigenvalue weighted by atomic mass is 10.2. The summed E-state index contributed by atoms with van der Waals surface area (Å²) in [6.45, 7) is 3.50. The smallest absolute Gasteiger partial charge is 0.342 e. The maximum absolute atomic E-state index is 12.3. The molecule has 6 heteroatoms. The third kappa shape index (κ3) is 5.00. The normalized spacial score (nSPS) is 11.5. The van der Waals surface area contributed by atoms with Crippen molar-refractivity contribution < 1.29 is 19.1 Å². The number of hydrogen-bond donors (Lipinski definition) is 1. The highest BCUT2D eigenvalue weighted by Gasteiger charge is 2.21. The van der Waals surface area contributed by atoms with Gasteiger partial charge in [-0.1, -0.05) is 17.7 Å². The van der Waals surface area contributed by atoms with Crippen LogP contribution in [0.25, 0.3) is 0 Å². The molecule has 5 nitrogen and oxygen atoms in total. The first kappa shape index (κ1) is 18.9. The quantitative estimate of drug-likeness (QED) is 0.626. The van der Waals surface area contributed by atoms with E-state index in [1.54, 1.807) is 42.1 Å².